The molecule has 1 amide bonds. The van der Waals surface area contributed by atoms with E-state index in [4.69, 9.17) is 21.1 Å². The van der Waals surface area contributed by atoms with E-state index in [1.807, 2.05) is 13.8 Å². The van der Waals surface area contributed by atoms with E-state index in [0.29, 0.717) is 30.5 Å². The van der Waals surface area contributed by atoms with Gasteiger partial charge in [0.2, 0.25) is 0 Å². The fraction of sp³-hybridized carbons (Fsp3) is 0.462. The molecule has 0 heterocycles. The van der Waals surface area contributed by atoms with Crippen LogP contribution in [-0.2, 0) is 4.74 Å². The predicted octanol–water partition coefficient (Wildman–Crippen LogP) is 3.12. The van der Waals surface area contributed by atoms with Crippen LogP contribution in [0.15, 0.2) is 18.2 Å². The van der Waals surface area contributed by atoms with E-state index in [2.05, 4.69) is 0 Å². The van der Waals surface area contributed by atoms with E-state index in [-0.39, 0.29) is 6.09 Å². The molecule has 18 heavy (non-hydrogen) atoms. The van der Waals surface area contributed by atoms with E-state index in [0.717, 1.165) is 5.56 Å². The van der Waals surface area contributed by atoms with Crippen molar-refractivity contribution in [3.05, 3.63) is 28.8 Å². The molecule has 0 atom stereocenters. The average molecular weight is 272 g/mol. The smallest absolute Gasteiger partial charge is 0.410 e. The number of carbonyl (C=O) groups excluding carboxylic acids is 1. The third-order valence-electron chi connectivity index (χ3n) is 2.54. The molecular weight excluding hydrogens is 254 g/mol. The number of hydrogen-bond acceptors (Lipinski definition) is 3. The predicted molar refractivity (Wildman–Crippen MR) is 71.3 cm³/mol. The van der Waals surface area contributed by atoms with Crippen LogP contribution in [0.1, 0.15) is 12.5 Å². The number of halogens is 1. The monoisotopic (exact) mass is 271 g/mol. The van der Waals surface area contributed by atoms with Crippen molar-refractivity contribution in [2.24, 2.45) is 0 Å². The van der Waals surface area contributed by atoms with Crippen LogP contribution in [-0.4, -0.2) is 37.8 Å². The van der Waals surface area contributed by atoms with Crippen molar-refractivity contribution in [3.63, 3.8) is 0 Å². The Morgan fingerprint density at radius 1 is 1.44 bits per heavy atom. The third-order valence-corrected chi connectivity index (χ3v) is 2.77. The van der Waals surface area contributed by atoms with Gasteiger partial charge >= 0.3 is 6.09 Å². The summed E-state index contributed by atoms with van der Waals surface area (Å²) < 4.78 is 10.3. The van der Waals surface area contributed by atoms with Gasteiger partial charge < -0.3 is 14.4 Å². The van der Waals surface area contributed by atoms with Gasteiger partial charge in [0.25, 0.3) is 0 Å². The minimum Gasteiger partial charge on any atom is -0.410 e. The van der Waals surface area contributed by atoms with Crippen LogP contribution in [0.2, 0.25) is 5.02 Å². The summed E-state index contributed by atoms with van der Waals surface area (Å²) >= 11 is 5.84. The second-order valence-electron chi connectivity index (χ2n) is 3.85. The van der Waals surface area contributed by atoms with Crippen LogP contribution < -0.4 is 4.74 Å². The topological polar surface area (TPSA) is 38.8 Å². The summed E-state index contributed by atoms with van der Waals surface area (Å²) in [6.45, 7) is 5.32. The van der Waals surface area contributed by atoms with E-state index >= 15 is 0 Å². The highest BCUT2D eigenvalue weighted by Gasteiger charge is 2.14. The van der Waals surface area contributed by atoms with Gasteiger partial charge in [-0.05, 0) is 37.6 Å². The summed E-state index contributed by atoms with van der Waals surface area (Å²) in [5.41, 5.74) is 0.832. The molecule has 0 fully saturated rings. The van der Waals surface area contributed by atoms with Crippen LogP contribution >= 0.6 is 11.6 Å². The Bertz CT molecular complexity index is 409. The molecule has 0 aromatic heterocycles. The fourth-order valence-corrected chi connectivity index (χ4v) is 1.69. The molecule has 0 N–H and O–H groups in total. The highest BCUT2D eigenvalue weighted by molar-refractivity contribution is 6.30. The molecule has 1 aromatic rings. The van der Waals surface area contributed by atoms with E-state index in [1.54, 1.807) is 30.2 Å². The normalized spacial score (nSPS) is 10.2. The summed E-state index contributed by atoms with van der Waals surface area (Å²) in [6.07, 6.45) is -0.375. The molecule has 0 spiro atoms. The first-order valence-corrected chi connectivity index (χ1v) is 6.18. The Balaban J connectivity index is 2.67. The average Bonchev–Trinajstić information content (AvgIpc) is 2.34. The quantitative estimate of drug-likeness (QED) is 0.826. The number of nitrogens with zero attached hydrogens (tertiary/aromatic N) is 1. The summed E-state index contributed by atoms with van der Waals surface area (Å²) in [6, 6.07) is 5.15. The SMILES string of the molecule is CCN(CCOC)C(=O)Oc1ccc(Cl)cc1C. The van der Waals surface area contributed by atoms with Gasteiger partial charge in [-0.1, -0.05) is 11.6 Å². The minimum atomic E-state index is -0.375. The standard InChI is InChI=1S/C13H18ClNO3/c1-4-15(7-8-17-3)13(16)18-12-6-5-11(14)9-10(12)2/h5-6,9H,4,7-8H2,1-3H3. The zero-order valence-corrected chi connectivity index (χ0v) is 11.7. The van der Waals surface area contributed by atoms with Crippen molar-refractivity contribution in [3.8, 4) is 5.75 Å². The molecule has 0 saturated carbocycles. The first-order valence-electron chi connectivity index (χ1n) is 5.80. The van der Waals surface area contributed by atoms with Crippen molar-refractivity contribution in [1.29, 1.82) is 0 Å². The first kappa shape index (κ1) is 14.8. The summed E-state index contributed by atoms with van der Waals surface area (Å²) in [5, 5.41) is 0.624. The highest BCUT2D eigenvalue weighted by Crippen LogP contribution is 2.22. The molecule has 0 aliphatic rings. The summed E-state index contributed by atoms with van der Waals surface area (Å²) in [4.78, 5) is 13.5. The van der Waals surface area contributed by atoms with Gasteiger partial charge in [0.1, 0.15) is 5.75 Å². The van der Waals surface area contributed by atoms with Crippen molar-refractivity contribution in [1.82, 2.24) is 4.90 Å². The van der Waals surface area contributed by atoms with E-state index in [1.165, 1.54) is 0 Å². The lowest BCUT2D eigenvalue weighted by Gasteiger charge is -2.20. The molecule has 0 radical (unpaired) electrons. The van der Waals surface area contributed by atoms with Gasteiger partial charge in [-0.25, -0.2) is 4.79 Å². The lowest BCUT2D eigenvalue weighted by molar-refractivity contribution is 0.126. The molecule has 0 saturated heterocycles. The van der Waals surface area contributed by atoms with Crippen LogP contribution in [0, 0.1) is 6.92 Å². The van der Waals surface area contributed by atoms with Crippen LogP contribution in [0.25, 0.3) is 0 Å². The van der Waals surface area contributed by atoms with Crippen LogP contribution in [0.3, 0.4) is 0 Å². The maximum atomic E-state index is 11.9. The molecule has 0 aliphatic heterocycles. The number of aryl methyl sites for hydroxylation is 1. The van der Waals surface area contributed by atoms with Crippen molar-refractivity contribution in [2.45, 2.75) is 13.8 Å². The van der Waals surface area contributed by atoms with Gasteiger partial charge in [0.15, 0.2) is 0 Å². The molecule has 100 valence electrons. The zero-order chi connectivity index (χ0) is 13.5. The number of ether oxygens (including phenoxy) is 2. The molecular formula is C13H18ClNO3. The summed E-state index contributed by atoms with van der Waals surface area (Å²) in [7, 11) is 1.60. The number of likely N-dealkylation sites (N-methyl/N-ethyl adjacent to an activating group) is 1. The van der Waals surface area contributed by atoms with Crippen molar-refractivity contribution in [2.75, 3.05) is 26.8 Å². The summed E-state index contributed by atoms with van der Waals surface area (Å²) in [5.74, 6) is 0.528. The zero-order valence-electron chi connectivity index (χ0n) is 10.9. The van der Waals surface area contributed by atoms with Crippen molar-refractivity contribution >= 4 is 17.7 Å². The Morgan fingerprint density at radius 2 is 2.17 bits per heavy atom. The van der Waals surface area contributed by atoms with Gasteiger partial charge in [0, 0.05) is 25.2 Å². The number of benzene rings is 1. The van der Waals surface area contributed by atoms with Gasteiger partial charge in [-0.2, -0.15) is 0 Å². The van der Waals surface area contributed by atoms with Crippen molar-refractivity contribution < 1.29 is 14.3 Å². The van der Waals surface area contributed by atoms with Gasteiger partial charge in [-0.15, -0.1) is 0 Å². The van der Waals surface area contributed by atoms with Gasteiger partial charge in [0.05, 0.1) is 6.61 Å². The number of amides is 1. The molecule has 5 heteroatoms. The van der Waals surface area contributed by atoms with Crippen LogP contribution in [0.4, 0.5) is 4.79 Å². The number of rotatable bonds is 5. The Labute approximate surface area is 112 Å². The maximum absolute atomic E-state index is 11.9. The molecule has 0 aliphatic carbocycles. The third kappa shape index (κ3) is 4.20. The fourth-order valence-electron chi connectivity index (χ4n) is 1.47. The largest absolute Gasteiger partial charge is 0.415 e. The molecule has 4 nitrogen and oxygen atoms in total. The highest BCUT2D eigenvalue weighted by atomic mass is 35.5. The van der Waals surface area contributed by atoms with E-state index in [9.17, 15) is 4.79 Å². The molecule has 1 rings (SSSR count). The lowest BCUT2D eigenvalue weighted by atomic mass is 10.2. The maximum Gasteiger partial charge on any atom is 0.415 e. The Kier molecular flexibility index (Phi) is 5.95. The molecule has 0 unspecified atom stereocenters. The number of methoxy groups -OCH3 is 1. The minimum absolute atomic E-state index is 0.375. The first-order chi connectivity index (χ1) is 8.58. The second-order valence-corrected chi connectivity index (χ2v) is 4.29. The number of carbonyl (C=O) groups is 1. The van der Waals surface area contributed by atoms with Crippen LogP contribution in [0.5, 0.6) is 5.75 Å². The van der Waals surface area contributed by atoms with E-state index < -0.39 is 0 Å². The molecule has 0 bridgehead atoms. The number of hydrogen-bond donors (Lipinski definition) is 0. The van der Waals surface area contributed by atoms with Gasteiger partial charge in [-0.3, -0.25) is 0 Å². The lowest BCUT2D eigenvalue weighted by Crippen LogP contribution is -2.36. The second kappa shape index (κ2) is 7.24. The molecule has 1 aromatic carbocycles. The Hall–Kier alpha value is -1.26. The Morgan fingerprint density at radius 3 is 2.72 bits per heavy atom.